The van der Waals surface area contributed by atoms with E-state index in [1.807, 2.05) is 45.4 Å². The van der Waals surface area contributed by atoms with Gasteiger partial charge in [-0.1, -0.05) is 6.92 Å². The summed E-state index contributed by atoms with van der Waals surface area (Å²) in [5.74, 6) is 0.126. The molecule has 0 saturated heterocycles. The second-order valence-corrected chi connectivity index (χ2v) is 4.71. The Morgan fingerprint density at radius 1 is 1.44 bits per heavy atom. The first-order chi connectivity index (χ1) is 8.46. The Morgan fingerprint density at radius 2 is 2.11 bits per heavy atom. The molecule has 0 aliphatic carbocycles. The van der Waals surface area contributed by atoms with E-state index in [0.29, 0.717) is 19.4 Å². The monoisotopic (exact) mass is 252 g/mol. The van der Waals surface area contributed by atoms with E-state index in [2.05, 4.69) is 5.10 Å². The van der Waals surface area contributed by atoms with E-state index in [9.17, 15) is 4.79 Å². The van der Waals surface area contributed by atoms with Crippen LogP contribution in [0.3, 0.4) is 0 Å². The lowest BCUT2D eigenvalue weighted by molar-refractivity contribution is -0.141. The largest absolute Gasteiger partial charge is 0.368 e. The molecule has 1 aromatic heterocycles. The van der Waals surface area contributed by atoms with Gasteiger partial charge in [0.1, 0.15) is 5.60 Å². The minimum Gasteiger partial charge on any atom is -0.368 e. The lowest BCUT2D eigenvalue weighted by Crippen LogP contribution is -2.39. The summed E-state index contributed by atoms with van der Waals surface area (Å²) in [5.41, 5.74) is 1.25. The number of carbonyl (C=O) groups is 1. The Labute approximate surface area is 109 Å². The average Bonchev–Trinajstić information content (AvgIpc) is 2.69. The van der Waals surface area contributed by atoms with Crippen molar-refractivity contribution in [3.8, 4) is 0 Å². The molecule has 1 rings (SSSR count). The fourth-order valence-corrected chi connectivity index (χ4v) is 2.06. The SMILES string of the molecule is CCOC(C)(CC)C(=O)Cc1cc(C)nn1CC. The minimum absolute atomic E-state index is 0.126. The molecule has 0 aliphatic heterocycles. The maximum Gasteiger partial charge on any atom is 0.170 e. The molecule has 0 bridgehead atoms. The maximum atomic E-state index is 12.4. The maximum absolute atomic E-state index is 12.4. The van der Waals surface area contributed by atoms with Crippen LogP contribution in [0.1, 0.15) is 45.5 Å². The topological polar surface area (TPSA) is 44.1 Å². The van der Waals surface area contributed by atoms with Crippen molar-refractivity contribution in [1.29, 1.82) is 0 Å². The first kappa shape index (κ1) is 14.9. The zero-order valence-electron chi connectivity index (χ0n) is 12.1. The van der Waals surface area contributed by atoms with Crippen LogP contribution in [0, 0.1) is 6.92 Å². The summed E-state index contributed by atoms with van der Waals surface area (Å²) in [6.07, 6.45) is 1.08. The smallest absolute Gasteiger partial charge is 0.170 e. The van der Waals surface area contributed by atoms with Gasteiger partial charge >= 0.3 is 0 Å². The van der Waals surface area contributed by atoms with E-state index in [4.69, 9.17) is 4.74 Å². The molecule has 18 heavy (non-hydrogen) atoms. The highest BCUT2D eigenvalue weighted by molar-refractivity contribution is 5.88. The van der Waals surface area contributed by atoms with Gasteiger partial charge in [-0.2, -0.15) is 5.10 Å². The van der Waals surface area contributed by atoms with E-state index < -0.39 is 5.60 Å². The molecular weight excluding hydrogens is 228 g/mol. The molecule has 4 nitrogen and oxygen atoms in total. The number of ketones is 1. The first-order valence-electron chi connectivity index (χ1n) is 6.67. The molecule has 1 atom stereocenters. The molecule has 0 saturated carbocycles. The van der Waals surface area contributed by atoms with Crippen molar-refractivity contribution in [2.24, 2.45) is 0 Å². The molecule has 0 N–H and O–H groups in total. The van der Waals surface area contributed by atoms with E-state index in [1.165, 1.54) is 0 Å². The molecule has 0 aromatic carbocycles. The highest BCUT2D eigenvalue weighted by Crippen LogP contribution is 2.19. The van der Waals surface area contributed by atoms with Gasteiger partial charge in [0, 0.05) is 18.8 Å². The Balaban J connectivity index is 2.85. The molecule has 0 amide bonds. The Hall–Kier alpha value is -1.16. The number of aromatic nitrogens is 2. The lowest BCUT2D eigenvalue weighted by Gasteiger charge is -2.26. The quantitative estimate of drug-likeness (QED) is 0.749. The predicted octanol–water partition coefficient (Wildman–Crippen LogP) is 2.53. The van der Waals surface area contributed by atoms with E-state index in [0.717, 1.165) is 17.9 Å². The summed E-state index contributed by atoms with van der Waals surface area (Å²) >= 11 is 0. The van der Waals surface area contributed by atoms with Gasteiger partial charge in [-0.15, -0.1) is 0 Å². The van der Waals surface area contributed by atoms with Crippen molar-refractivity contribution in [3.05, 3.63) is 17.5 Å². The first-order valence-corrected chi connectivity index (χ1v) is 6.67. The predicted molar refractivity (Wildman–Crippen MR) is 71.7 cm³/mol. The summed E-state index contributed by atoms with van der Waals surface area (Å²) < 4.78 is 7.50. The molecule has 0 fully saturated rings. The number of nitrogens with zero attached hydrogens (tertiary/aromatic N) is 2. The molecule has 0 aliphatic rings. The van der Waals surface area contributed by atoms with Crippen molar-refractivity contribution < 1.29 is 9.53 Å². The van der Waals surface area contributed by atoms with Crippen molar-refractivity contribution in [2.75, 3.05) is 6.61 Å². The third-order valence-electron chi connectivity index (χ3n) is 3.35. The standard InChI is InChI=1S/C14H24N2O2/c1-6-14(5,18-8-3)13(17)10-12-9-11(4)15-16(12)7-2/h9H,6-8,10H2,1-5H3. The molecule has 4 heteroatoms. The summed E-state index contributed by atoms with van der Waals surface area (Å²) in [6.45, 7) is 11.1. The fraction of sp³-hybridized carbons (Fsp3) is 0.714. The van der Waals surface area contributed by atoms with Crippen LogP contribution in [0.5, 0.6) is 0 Å². The second kappa shape index (κ2) is 6.14. The molecule has 0 spiro atoms. The Morgan fingerprint density at radius 3 is 2.61 bits per heavy atom. The van der Waals surface area contributed by atoms with Crippen LogP contribution in [0.25, 0.3) is 0 Å². The number of aryl methyl sites for hydroxylation is 2. The second-order valence-electron chi connectivity index (χ2n) is 4.71. The number of ether oxygens (including phenoxy) is 1. The number of hydrogen-bond acceptors (Lipinski definition) is 3. The van der Waals surface area contributed by atoms with Crippen LogP contribution in [-0.2, 0) is 22.5 Å². The third-order valence-corrected chi connectivity index (χ3v) is 3.35. The number of hydrogen-bond donors (Lipinski definition) is 0. The van der Waals surface area contributed by atoms with Crippen LogP contribution < -0.4 is 0 Å². The van der Waals surface area contributed by atoms with Crippen molar-refractivity contribution >= 4 is 5.78 Å². The highest BCUT2D eigenvalue weighted by Gasteiger charge is 2.32. The lowest BCUT2D eigenvalue weighted by atomic mass is 9.94. The zero-order chi connectivity index (χ0) is 13.8. The molecule has 102 valence electrons. The minimum atomic E-state index is -0.675. The van der Waals surface area contributed by atoms with Crippen molar-refractivity contribution in [2.45, 2.75) is 59.6 Å². The van der Waals surface area contributed by atoms with E-state index in [-0.39, 0.29) is 5.78 Å². The van der Waals surface area contributed by atoms with E-state index in [1.54, 1.807) is 0 Å². The van der Waals surface area contributed by atoms with Gasteiger partial charge in [0.25, 0.3) is 0 Å². The molecule has 1 heterocycles. The number of Topliss-reactive ketones (excluding diaryl/α,β-unsaturated/α-hetero) is 1. The Bertz CT molecular complexity index is 412. The van der Waals surface area contributed by atoms with Gasteiger partial charge in [0.15, 0.2) is 5.78 Å². The van der Waals surface area contributed by atoms with Crippen molar-refractivity contribution in [1.82, 2.24) is 9.78 Å². The molecule has 0 radical (unpaired) electrons. The number of rotatable bonds is 7. The third kappa shape index (κ3) is 3.19. The normalized spacial score (nSPS) is 14.5. The molecule has 1 unspecified atom stereocenters. The fourth-order valence-electron chi connectivity index (χ4n) is 2.06. The summed E-state index contributed by atoms with van der Waals surface area (Å²) in [4.78, 5) is 12.4. The van der Waals surface area contributed by atoms with Crippen LogP contribution in [0.15, 0.2) is 6.07 Å². The summed E-state index contributed by atoms with van der Waals surface area (Å²) in [5, 5.41) is 4.36. The van der Waals surface area contributed by atoms with Gasteiger partial charge in [-0.3, -0.25) is 9.48 Å². The van der Waals surface area contributed by atoms with Gasteiger partial charge < -0.3 is 4.74 Å². The zero-order valence-corrected chi connectivity index (χ0v) is 12.1. The van der Waals surface area contributed by atoms with Gasteiger partial charge in [-0.05, 0) is 40.2 Å². The van der Waals surface area contributed by atoms with Crippen LogP contribution in [0.4, 0.5) is 0 Å². The van der Waals surface area contributed by atoms with Crippen LogP contribution >= 0.6 is 0 Å². The van der Waals surface area contributed by atoms with Gasteiger partial charge in [0.05, 0.1) is 12.1 Å². The Kier molecular flexibility index (Phi) is 5.08. The van der Waals surface area contributed by atoms with Crippen LogP contribution in [0.2, 0.25) is 0 Å². The van der Waals surface area contributed by atoms with Crippen LogP contribution in [-0.4, -0.2) is 27.8 Å². The molecule has 1 aromatic rings. The van der Waals surface area contributed by atoms with Gasteiger partial charge in [-0.25, -0.2) is 0 Å². The van der Waals surface area contributed by atoms with Gasteiger partial charge in [0.2, 0.25) is 0 Å². The summed E-state index contributed by atoms with van der Waals surface area (Å²) in [6, 6.07) is 1.98. The van der Waals surface area contributed by atoms with E-state index >= 15 is 0 Å². The molecular formula is C14H24N2O2. The average molecular weight is 252 g/mol. The summed E-state index contributed by atoms with van der Waals surface area (Å²) in [7, 11) is 0. The number of carbonyl (C=O) groups excluding carboxylic acids is 1. The van der Waals surface area contributed by atoms with Crippen molar-refractivity contribution in [3.63, 3.8) is 0 Å². The highest BCUT2D eigenvalue weighted by atomic mass is 16.5.